The van der Waals surface area contributed by atoms with E-state index in [1.54, 1.807) is 12.4 Å². The average molecular weight is 328 g/mol. The largest absolute Gasteiger partial charge is 0.384 e. The van der Waals surface area contributed by atoms with Crippen LogP contribution in [-0.4, -0.2) is 26.8 Å². The number of nitrogens with zero attached hydrogens (tertiary/aromatic N) is 4. The minimum atomic E-state index is 0.459. The Balaban J connectivity index is 1.82. The van der Waals surface area contributed by atoms with Crippen LogP contribution in [0.1, 0.15) is 11.1 Å². The number of hydrogen-bond acceptors (Lipinski definition) is 5. The molecule has 4 rings (SSSR count). The third-order valence-electron chi connectivity index (χ3n) is 4.12. The van der Waals surface area contributed by atoms with Crippen molar-refractivity contribution >= 4 is 33.3 Å². The van der Waals surface area contributed by atoms with Crippen LogP contribution in [0, 0.1) is 11.8 Å². The zero-order chi connectivity index (χ0) is 17.4. The molecule has 0 aliphatic rings. The Morgan fingerprint density at radius 2 is 1.92 bits per heavy atom. The van der Waals surface area contributed by atoms with E-state index in [2.05, 4.69) is 32.2 Å². The van der Waals surface area contributed by atoms with Crippen LogP contribution in [0.25, 0.3) is 21.7 Å². The van der Waals surface area contributed by atoms with Crippen molar-refractivity contribution in [2.75, 3.05) is 18.1 Å². The first-order valence-electron chi connectivity index (χ1n) is 7.81. The van der Waals surface area contributed by atoms with E-state index in [-0.39, 0.29) is 0 Å². The fourth-order valence-electron chi connectivity index (χ4n) is 2.83. The zero-order valence-corrected chi connectivity index (χ0v) is 13.9. The van der Waals surface area contributed by atoms with Gasteiger partial charge in [-0.2, -0.15) is 5.10 Å². The van der Waals surface area contributed by atoms with Gasteiger partial charge >= 0.3 is 0 Å². The molecule has 1 aromatic carbocycles. The molecule has 3 heterocycles. The third kappa shape index (κ3) is 2.62. The van der Waals surface area contributed by atoms with Crippen LogP contribution < -0.4 is 11.1 Å². The van der Waals surface area contributed by atoms with Crippen molar-refractivity contribution in [3.8, 4) is 11.8 Å². The predicted octanol–water partition coefficient (Wildman–Crippen LogP) is 2.54. The lowest BCUT2D eigenvalue weighted by atomic mass is 10.1. The van der Waals surface area contributed by atoms with Crippen molar-refractivity contribution in [2.24, 2.45) is 7.05 Å². The first kappa shape index (κ1) is 15.0. The van der Waals surface area contributed by atoms with Gasteiger partial charge < -0.3 is 11.1 Å². The summed E-state index contributed by atoms with van der Waals surface area (Å²) in [6, 6.07) is 7.87. The van der Waals surface area contributed by atoms with Crippen LogP contribution in [0.15, 0.2) is 42.9 Å². The molecule has 3 N–H and O–H groups in total. The van der Waals surface area contributed by atoms with E-state index < -0.39 is 0 Å². The fraction of sp³-hybridized carbons (Fsp3) is 0.105. The fourth-order valence-corrected chi connectivity index (χ4v) is 2.83. The lowest BCUT2D eigenvalue weighted by Crippen LogP contribution is -1.97. The highest BCUT2D eigenvalue weighted by Crippen LogP contribution is 2.24. The maximum absolute atomic E-state index is 5.85. The van der Waals surface area contributed by atoms with E-state index in [1.165, 1.54) is 0 Å². The molecule has 4 aromatic rings. The van der Waals surface area contributed by atoms with Gasteiger partial charge in [0, 0.05) is 48.2 Å². The number of nitrogens with two attached hydrogens (primary N) is 1. The Hall–Kier alpha value is -3.59. The molecule has 25 heavy (non-hydrogen) atoms. The van der Waals surface area contributed by atoms with Gasteiger partial charge in [-0.1, -0.05) is 11.8 Å². The summed E-state index contributed by atoms with van der Waals surface area (Å²) in [5.41, 5.74) is 8.66. The van der Waals surface area contributed by atoms with E-state index in [0.29, 0.717) is 5.82 Å². The molecule has 0 amide bonds. The molecule has 0 aliphatic carbocycles. The van der Waals surface area contributed by atoms with Gasteiger partial charge in [0.2, 0.25) is 0 Å². The second-order valence-corrected chi connectivity index (χ2v) is 5.72. The molecule has 0 spiro atoms. The first-order valence-corrected chi connectivity index (χ1v) is 7.81. The van der Waals surface area contributed by atoms with Crippen molar-refractivity contribution in [1.82, 2.24) is 19.7 Å². The second kappa shape index (κ2) is 5.80. The highest BCUT2D eigenvalue weighted by molar-refractivity contribution is 5.96. The first-order chi connectivity index (χ1) is 12.2. The Morgan fingerprint density at radius 1 is 1.04 bits per heavy atom. The molecule has 0 atom stereocenters. The molecule has 0 saturated carbocycles. The molecular formula is C19H16N6. The number of rotatable bonds is 1. The summed E-state index contributed by atoms with van der Waals surface area (Å²) < 4.78 is 1.84. The topological polar surface area (TPSA) is 81.7 Å². The number of aromatic nitrogens is 4. The molecular weight excluding hydrogens is 312 g/mol. The molecule has 0 unspecified atom stereocenters. The van der Waals surface area contributed by atoms with Gasteiger partial charge in [0.25, 0.3) is 0 Å². The van der Waals surface area contributed by atoms with E-state index in [4.69, 9.17) is 5.73 Å². The van der Waals surface area contributed by atoms with Crippen molar-refractivity contribution in [1.29, 1.82) is 0 Å². The molecule has 3 aromatic heterocycles. The van der Waals surface area contributed by atoms with Gasteiger partial charge in [-0.3, -0.25) is 4.68 Å². The van der Waals surface area contributed by atoms with Gasteiger partial charge in [-0.05, 0) is 24.3 Å². The SMILES string of the molecule is CNc1ncc(C#Cc2ccc3c(cnn3C)c2)c2cc(N)ncc12. The molecule has 122 valence electrons. The van der Waals surface area contributed by atoms with Crippen molar-refractivity contribution in [3.05, 3.63) is 54.0 Å². The minimum Gasteiger partial charge on any atom is -0.384 e. The van der Waals surface area contributed by atoms with Crippen LogP contribution in [0.5, 0.6) is 0 Å². The third-order valence-corrected chi connectivity index (χ3v) is 4.12. The van der Waals surface area contributed by atoms with Crippen LogP contribution in [0.4, 0.5) is 11.6 Å². The maximum atomic E-state index is 5.85. The molecule has 0 radical (unpaired) electrons. The molecule has 6 nitrogen and oxygen atoms in total. The Kier molecular flexibility index (Phi) is 3.47. The van der Waals surface area contributed by atoms with Crippen LogP contribution in [-0.2, 0) is 7.05 Å². The Bertz CT molecular complexity index is 1160. The van der Waals surface area contributed by atoms with Gasteiger partial charge in [0.15, 0.2) is 0 Å². The predicted molar refractivity (Wildman–Crippen MR) is 100 cm³/mol. The van der Waals surface area contributed by atoms with Crippen molar-refractivity contribution in [2.45, 2.75) is 0 Å². The number of pyridine rings is 2. The summed E-state index contributed by atoms with van der Waals surface area (Å²) in [4.78, 5) is 8.56. The quantitative estimate of drug-likeness (QED) is 0.525. The Morgan fingerprint density at radius 3 is 2.76 bits per heavy atom. The number of benzene rings is 1. The lowest BCUT2D eigenvalue weighted by Gasteiger charge is -2.06. The molecule has 0 aliphatic heterocycles. The Labute approximate surface area is 144 Å². The standard InChI is InChI=1S/C19H16N6/c1-21-19-16-11-22-18(20)8-15(16)13(9-23-19)5-3-12-4-6-17-14(7-12)10-24-25(17)2/h4,6-11H,1-2H3,(H2,20,22)(H,21,23). The maximum Gasteiger partial charge on any atom is 0.135 e. The molecule has 6 heteroatoms. The van der Waals surface area contributed by atoms with E-state index in [9.17, 15) is 0 Å². The summed E-state index contributed by atoms with van der Waals surface area (Å²) in [6.07, 6.45) is 5.31. The summed E-state index contributed by atoms with van der Waals surface area (Å²) in [5.74, 6) is 7.62. The number of nitrogens with one attached hydrogen (secondary N) is 1. The number of hydrogen-bond donors (Lipinski definition) is 2. The number of anilines is 2. The summed E-state index contributed by atoms with van der Waals surface area (Å²) in [6.45, 7) is 0. The average Bonchev–Trinajstić information content (AvgIpc) is 3.00. The second-order valence-electron chi connectivity index (χ2n) is 5.72. The van der Waals surface area contributed by atoms with E-state index >= 15 is 0 Å². The van der Waals surface area contributed by atoms with E-state index in [1.807, 2.05) is 49.2 Å². The van der Waals surface area contributed by atoms with Gasteiger partial charge in [0.1, 0.15) is 11.6 Å². The summed E-state index contributed by atoms with van der Waals surface area (Å²) in [5, 5.41) is 10.2. The highest BCUT2D eigenvalue weighted by atomic mass is 15.2. The molecule has 0 saturated heterocycles. The normalized spacial score (nSPS) is 10.6. The minimum absolute atomic E-state index is 0.459. The smallest absolute Gasteiger partial charge is 0.135 e. The number of fused-ring (bicyclic) bond motifs is 2. The van der Waals surface area contributed by atoms with Crippen LogP contribution in [0.2, 0.25) is 0 Å². The summed E-state index contributed by atoms with van der Waals surface area (Å²) in [7, 11) is 3.75. The van der Waals surface area contributed by atoms with Gasteiger partial charge in [-0.15, -0.1) is 0 Å². The molecule has 0 fully saturated rings. The van der Waals surface area contributed by atoms with Crippen molar-refractivity contribution < 1.29 is 0 Å². The number of nitrogen functional groups attached to an aromatic ring is 1. The van der Waals surface area contributed by atoms with Gasteiger partial charge in [0.05, 0.1) is 17.3 Å². The summed E-state index contributed by atoms with van der Waals surface area (Å²) >= 11 is 0. The lowest BCUT2D eigenvalue weighted by molar-refractivity contribution is 0.797. The van der Waals surface area contributed by atoms with Crippen molar-refractivity contribution in [3.63, 3.8) is 0 Å². The van der Waals surface area contributed by atoms with Gasteiger partial charge in [-0.25, -0.2) is 9.97 Å². The zero-order valence-electron chi connectivity index (χ0n) is 13.9. The van der Waals surface area contributed by atoms with Crippen LogP contribution in [0.3, 0.4) is 0 Å². The number of aryl methyl sites for hydroxylation is 1. The van der Waals surface area contributed by atoms with Crippen LogP contribution >= 0.6 is 0 Å². The molecule has 0 bridgehead atoms. The monoisotopic (exact) mass is 328 g/mol. The highest BCUT2D eigenvalue weighted by Gasteiger charge is 2.06. The van der Waals surface area contributed by atoms with E-state index in [0.717, 1.165) is 38.6 Å².